The van der Waals surface area contributed by atoms with E-state index in [1.807, 2.05) is 6.07 Å². The van der Waals surface area contributed by atoms with Crippen molar-refractivity contribution < 1.29 is 0 Å². The third-order valence-corrected chi connectivity index (χ3v) is 3.12. The Bertz CT molecular complexity index is 315. The summed E-state index contributed by atoms with van der Waals surface area (Å²) in [4.78, 5) is 4.15. The van der Waals surface area contributed by atoms with Gasteiger partial charge in [-0.2, -0.15) is 0 Å². The molecular weight excluding hydrogens is 174 g/mol. The van der Waals surface area contributed by atoms with E-state index in [1.54, 1.807) is 6.20 Å². The van der Waals surface area contributed by atoms with E-state index in [9.17, 15) is 0 Å². The monoisotopic (exact) mass is 191 g/mol. The first-order chi connectivity index (χ1) is 6.68. The first-order valence-electron chi connectivity index (χ1n) is 5.15. The fourth-order valence-corrected chi connectivity index (χ4v) is 2.40. The van der Waals surface area contributed by atoms with E-state index in [2.05, 4.69) is 11.9 Å². The minimum Gasteiger partial charge on any atom is -0.383 e. The Hall–Kier alpha value is -1.09. The van der Waals surface area contributed by atoms with Gasteiger partial charge in [-0.15, -0.1) is 0 Å². The number of nitrogens with zero attached hydrogens (tertiary/aromatic N) is 1. The molecule has 0 saturated heterocycles. The van der Waals surface area contributed by atoms with Crippen LogP contribution in [0.2, 0.25) is 0 Å². The van der Waals surface area contributed by atoms with Crippen molar-refractivity contribution in [2.45, 2.75) is 38.1 Å². The largest absolute Gasteiger partial charge is 0.383 e. The highest BCUT2D eigenvalue weighted by Crippen LogP contribution is 2.37. The van der Waals surface area contributed by atoms with Crippen molar-refractivity contribution in [3.63, 3.8) is 0 Å². The third kappa shape index (κ3) is 1.60. The van der Waals surface area contributed by atoms with Crippen LogP contribution in [0.15, 0.2) is 12.3 Å². The predicted molar refractivity (Wildman–Crippen MR) is 58.0 cm³/mol. The molecule has 3 nitrogen and oxygen atoms in total. The van der Waals surface area contributed by atoms with Gasteiger partial charge in [-0.25, -0.2) is 4.98 Å². The van der Waals surface area contributed by atoms with Gasteiger partial charge in [0.2, 0.25) is 0 Å². The van der Waals surface area contributed by atoms with Crippen molar-refractivity contribution in [1.29, 1.82) is 0 Å². The van der Waals surface area contributed by atoms with Crippen LogP contribution < -0.4 is 11.5 Å². The maximum Gasteiger partial charge on any atom is 0.127 e. The second-order valence-electron chi connectivity index (χ2n) is 4.20. The molecule has 1 aromatic rings. The highest BCUT2D eigenvalue weighted by Gasteiger charge is 2.26. The molecule has 1 heterocycles. The topological polar surface area (TPSA) is 64.9 Å². The maximum absolute atomic E-state index is 5.90. The highest BCUT2D eigenvalue weighted by atomic mass is 14.8. The molecule has 1 aliphatic rings. The second kappa shape index (κ2) is 3.58. The molecule has 76 valence electrons. The van der Waals surface area contributed by atoms with Crippen LogP contribution in [0.5, 0.6) is 0 Å². The predicted octanol–water partition coefficient (Wildman–Crippen LogP) is 1.57. The quantitative estimate of drug-likeness (QED) is 0.708. The smallest absolute Gasteiger partial charge is 0.127 e. The van der Waals surface area contributed by atoms with Gasteiger partial charge in [-0.3, -0.25) is 0 Å². The SMILES string of the molecule is Cc1ccnc(N)c1C1CCC(N)C1. The normalized spacial score (nSPS) is 26.7. The zero-order valence-electron chi connectivity index (χ0n) is 8.53. The second-order valence-corrected chi connectivity index (χ2v) is 4.20. The number of aryl methyl sites for hydroxylation is 1. The molecule has 1 fully saturated rings. The highest BCUT2D eigenvalue weighted by molar-refractivity contribution is 5.46. The standard InChI is InChI=1S/C11H17N3/c1-7-4-5-14-11(13)10(7)8-2-3-9(12)6-8/h4-5,8-9H,2-3,6,12H2,1H3,(H2,13,14). The van der Waals surface area contributed by atoms with Crippen LogP contribution in [0.1, 0.15) is 36.3 Å². The Balaban J connectivity index is 2.31. The van der Waals surface area contributed by atoms with Crippen molar-refractivity contribution in [3.8, 4) is 0 Å². The summed E-state index contributed by atoms with van der Waals surface area (Å²) in [5.74, 6) is 1.21. The molecule has 0 spiro atoms. The molecule has 14 heavy (non-hydrogen) atoms. The molecule has 2 rings (SSSR count). The van der Waals surface area contributed by atoms with Crippen molar-refractivity contribution in [3.05, 3.63) is 23.4 Å². The lowest BCUT2D eigenvalue weighted by Gasteiger charge is -2.14. The molecule has 2 unspecified atom stereocenters. The Morgan fingerprint density at radius 3 is 2.79 bits per heavy atom. The first kappa shape index (κ1) is 9.46. The van der Waals surface area contributed by atoms with Crippen molar-refractivity contribution in [2.75, 3.05) is 5.73 Å². The van der Waals surface area contributed by atoms with Crippen LogP contribution in [0.3, 0.4) is 0 Å². The van der Waals surface area contributed by atoms with E-state index in [0.29, 0.717) is 17.8 Å². The number of pyridine rings is 1. The summed E-state index contributed by atoms with van der Waals surface area (Å²) < 4.78 is 0. The lowest BCUT2D eigenvalue weighted by atomic mass is 9.94. The van der Waals surface area contributed by atoms with Crippen LogP contribution in [0.25, 0.3) is 0 Å². The summed E-state index contributed by atoms with van der Waals surface area (Å²) in [6.45, 7) is 2.09. The van der Waals surface area contributed by atoms with Crippen LogP contribution >= 0.6 is 0 Å². The molecule has 3 heteroatoms. The van der Waals surface area contributed by atoms with Crippen molar-refractivity contribution in [1.82, 2.24) is 4.98 Å². The Morgan fingerprint density at radius 1 is 1.43 bits per heavy atom. The summed E-state index contributed by atoms with van der Waals surface area (Å²) in [6, 6.07) is 2.37. The van der Waals surface area contributed by atoms with Gasteiger partial charge in [0.25, 0.3) is 0 Å². The Morgan fingerprint density at radius 2 is 2.21 bits per heavy atom. The molecule has 0 radical (unpaired) electrons. The van der Waals surface area contributed by atoms with E-state index in [4.69, 9.17) is 11.5 Å². The zero-order valence-corrected chi connectivity index (χ0v) is 8.53. The summed E-state index contributed by atoms with van der Waals surface area (Å²) in [6.07, 6.45) is 5.08. The third-order valence-electron chi connectivity index (χ3n) is 3.12. The van der Waals surface area contributed by atoms with Gasteiger partial charge >= 0.3 is 0 Å². The van der Waals surface area contributed by atoms with Gasteiger partial charge in [-0.05, 0) is 43.7 Å². The van der Waals surface area contributed by atoms with Crippen molar-refractivity contribution in [2.24, 2.45) is 5.73 Å². The molecular formula is C11H17N3. The van der Waals surface area contributed by atoms with E-state index in [-0.39, 0.29) is 0 Å². The number of hydrogen-bond acceptors (Lipinski definition) is 3. The fourth-order valence-electron chi connectivity index (χ4n) is 2.40. The first-order valence-corrected chi connectivity index (χ1v) is 5.15. The molecule has 0 aromatic carbocycles. The number of rotatable bonds is 1. The van der Waals surface area contributed by atoms with Crippen LogP contribution in [0.4, 0.5) is 5.82 Å². The van der Waals surface area contributed by atoms with Gasteiger partial charge in [0, 0.05) is 17.8 Å². The lowest BCUT2D eigenvalue weighted by Crippen LogP contribution is -2.15. The minimum atomic E-state index is 0.346. The number of hydrogen-bond donors (Lipinski definition) is 2. The Kier molecular flexibility index (Phi) is 2.42. The Labute approximate surface area is 84.5 Å². The molecule has 0 aliphatic heterocycles. The van der Waals surface area contributed by atoms with Crippen LogP contribution in [-0.4, -0.2) is 11.0 Å². The van der Waals surface area contributed by atoms with E-state index in [1.165, 1.54) is 11.1 Å². The molecule has 0 bridgehead atoms. The fraction of sp³-hybridized carbons (Fsp3) is 0.545. The number of nitrogen functional groups attached to an aromatic ring is 1. The van der Waals surface area contributed by atoms with Gasteiger partial charge in [0.15, 0.2) is 0 Å². The number of aromatic nitrogens is 1. The molecule has 1 aromatic heterocycles. The summed E-state index contributed by atoms with van der Waals surface area (Å²) >= 11 is 0. The molecule has 1 saturated carbocycles. The lowest BCUT2D eigenvalue weighted by molar-refractivity contribution is 0.672. The maximum atomic E-state index is 5.90. The molecule has 4 N–H and O–H groups in total. The van der Waals surface area contributed by atoms with E-state index in [0.717, 1.165) is 19.3 Å². The van der Waals surface area contributed by atoms with E-state index < -0.39 is 0 Å². The molecule has 2 atom stereocenters. The molecule has 1 aliphatic carbocycles. The van der Waals surface area contributed by atoms with Gasteiger partial charge in [0.1, 0.15) is 5.82 Å². The summed E-state index contributed by atoms with van der Waals surface area (Å²) in [5.41, 5.74) is 14.3. The molecule has 0 amide bonds. The van der Waals surface area contributed by atoms with Crippen LogP contribution in [-0.2, 0) is 0 Å². The zero-order chi connectivity index (χ0) is 10.1. The van der Waals surface area contributed by atoms with Crippen molar-refractivity contribution >= 4 is 5.82 Å². The minimum absolute atomic E-state index is 0.346. The number of nitrogens with two attached hydrogens (primary N) is 2. The van der Waals surface area contributed by atoms with Gasteiger partial charge in [0.05, 0.1) is 0 Å². The average Bonchev–Trinajstić information content (AvgIpc) is 2.51. The van der Waals surface area contributed by atoms with Gasteiger partial charge in [-0.1, -0.05) is 0 Å². The average molecular weight is 191 g/mol. The summed E-state index contributed by atoms with van der Waals surface area (Å²) in [7, 11) is 0. The summed E-state index contributed by atoms with van der Waals surface area (Å²) in [5, 5.41) is 0. The number of anilines is 1. The van der Waals surface area contributed by atoms with Crippen LogP contribution in [0, 0.1) is 6.92 Å². The van der Waals surface area contributed by atoms with Gasteiger partial charge < -0.3 is 11.5 Å². The van der Waals surface area contributed by atoms with E-state index >= 15 is 0 Å².